The molecule has 0 aliphatic heterocycles. The fraction of sp³-hybridized carbons (Fsp3) is 0.429. The van der Waals surface area contributed by atoms with Crippen LogP contribution in [0.4, 0.5) is 8.78 Å². The van der Waals surface area contributed by atoms with Crippen LogP contribution in [0.5, 0.6) is 0 Å². The molecule has 0 amide bonds. The maximum atomic E-state index is 12.2. The minimum atomic E-state index is -2.80. The van der Waals surface area contributed by atoms with Crippen molar-refractivity contribution in [2.24, 2.45) is 0 Å². The van der Waals surface area contributed by atoms with E-state index in [1.54, 1.807) is 0 Å². The summed E-state index contributed by atoms with van der Waals surface area (Å²) < 4.78 is 25.3. The van der Waals surface area contributed by atoms with Gasteiger partial charge in [0.05, 0.1) is 5.02 Å². The summed E-state index contributed by atoms with van der Waals surface area (Å²) in [4.78, 5) is 10.5. The minimum absolute atomic E-state index is 0.229. The van der Waals surface area contributed by atoms with Crippen LogP contribution in [0.3, 0.4) is 0 Å². The summed E-state index contributed by atoms with van der Waals surface area (Å²) in [5, 5.41) is 11.7. The normalized spacial score (nSPS) is 13.2. The van der Waals surface area contributed by atoms with Crippen LogP contribution in [0.15, 0.2) is 6.20 Å². The average molecular weight is 225 g/mol. The zero-order valence-corrected chi connectivity index (χ0v) is 7.87. The molecule has 0 fully saturated rings. The third-order valence-electron chi connectivity index (χ3n) is 1.67. The van der Waals surface area contributed by atoms with E-state index >= 15 is 0 Å². The van der Waals surface area contributed by atoms with Crippen LogP contribution in [0.25, 0.3) is 0 Å². The van der Waals surface area contributed by atoms with E-state index in [0.29, 0.717) is 0 Å². The molecule has 1 heterocycles. The van der Waals surface area contributed by atoms with Crippen LogP contribution in [0.1, 0.15) is 25.1 Å². The summed E-state index contributed by atoms with van der Waals surface area (Å²) in [6.07, 6.45) is -1.73. The Morgan fingerprint density at radius 1 is 1.71 bits per heavy atom. The Bertz CT molecular complexity index is 353. The highest BCUT2D eigenvalue weighted by molar-refractivity contribution is 6.31. The Hall–Kier alpha value is -1.17. The Morgan fingerprint density at radius 2 is 2.29 bits per heavy atom. The van der Waals surface area contributed by atoms with E-state index in [2.05, 4.69) is 5.10 Å². The van der Waals surface area contributed by atoms with Crippen molar-refractivity contribution < 1.29 is 18.7 Å². The number of carboxylic acids is 1. The van der Waals surface area contributed by atoms with Gasteiger partial charge in [0.2, 0.25) is 0 Å². The summed E-state index contributed by atoms with van der Waals surface area (Å²) >= 11 is 5.43. The molecule has 0 aromatic carbocycles. The summed E-state index contributed by atoms with van der Waals surface area (Å²) in [5.41, 5.74) is -0.597. The van der Waals surface area contributed by atoms with Crippen LogP contribution in [-0.4, -0.2) is 20.9 Å². The van der Waals surface area contributed by atoms with Crippen molar-refractivity contribution >= 4 is 17.6 Å². The first-order valence-corrected chi connectivity index (χ1v) is 4.06. The zero-order valence-electron chi connectivity index (χ0n) is 7.12. The number of hydrogen-bond acceptors (Lipinski definition) is 2. The van der Waals surface area contributed by atoms with E-state index in [1.807, 2.05) is 0 Å². The molecule has 1 atom stereocenters. The highest BCUT2D eigenvalue weighted by Gasteiger charge is 2.21. The highest BCUT2D eigenvalue weighted by Crippen LogP contribution is 2.26. The number of halogens is 3. The molecular weight excluding hydrogens is 218 g/mol. The van der Waals surface area contributed by atoms with Crippen LogP contribution in [-0.2, 0) is 4.79 Å². The smallest absolute Gasteiger partial charge is 0.328 e. The van der Waals surface area contributed by atoms with Crippen molar-refractivity contribution in [2.75, 3.05) is 0 Å². The van der Waals surface area contributed by atoms with Gasteiger partial charge in [-0.25, -0.2) is 13.6 Å². The van der Waals surface area contributed by atoms with E-state index in [0.717, 1.165) is 10.9 Å². The van der Waals surface area contributed by atoms with Gasteiger partial charge >= 0.3 is 5.97 Å². The quantitative estimate of drug-likeness (QED) is 0.856. The predicted molar refractivity (Wildman–Crippen MR) is 44.5 cm³/mol. The van der Waals surface area contributed by atoms with E-state index in [9.17, 15) is 13.6 Å². The molecule has 1 N–H and O–H groups in total. The van der Waals surface area contributed by atoms with Gasteiger partial charge < -0.3 is 5.11 Å². The summed E-state index contributed by atoms with van der Waals surface area (Å²) in [6, 6.07) is -1.01. The van der Waals surface area contributed by atoms with Crippen molar-refractivity contribution in [3.63, 3.8) is 0 Å². The van der Waals surface area contributed by atoms with E-state index in [4.69, 9.17) is 16.7 Å². The molecule has 7 heteroatoms. The molecule has 0 aliphatic carbocycles. The molecule has 0 bridgehead atoms. The lowest BCUT2D eigenvalue weighted by Crippen LogP contribution is -2.16. The maximum absolute atomic E-state index is 12.2. The molecule has 0 aliphatic rings. The van der Waals surface area contributed by atoms with Crippen LogP contribution >= 0.6 is 11.6 Å². The first-order valence-electron chi connectivity index (χ1n) is 3.69. The van der Waals surface area contributed by atoms with Gasteiger partial charge in [-0.05, 0) is 6.92 Å². The van der Waals surface area contributed by atoms with Gasteiger partial charge in [-0.2, -0.15) is 5.10 Å². The van der Waals surface area contributed by atoms with Crippen LogP contribution in [0, 0.1) is 0 Å². The Kier molecular flexibility index (Phi) is 3.05. The predicted octanol–water partition coefficient (Wildman–Crippen LogP) is 2.12. The van der Waals surface area contributed by atoms with Crippen LogP contribution in [0.2, 0.25) is 5.02 Å². The van der Waals surface area contributed by atoms with Crippen molar-refractivity contribution in [1.29, 1.82) is 0 Å². The minimum Gasteiger partial charge on any atom is -0.480 e. The monoisotopic (exact) mass is 224 g/mol. The fourth-order valence-corrected chi connectivity index (χ4v) is 1.06. The number of aliphatic carboxylic acids is 1. The van der Waals surface area contributed by atoms with Gasteiger partial charge in [-0.15, -0.1) is 0 Å². The number of alkyl halides is 2. The third-order valence-corrected chi connectivity index (χ3v) is 1.97. The molecule has 1 aromatic heterocycles. The summed E-state index contributed by atoms with van der Waals surface area (Å²) in [6.45, 7) is 1.32. The molecule has 0 radical (unpaired) electrons. The number of carboxylic acid groups (broad SMARTS) is 1. The van der Waals surface area contributed by atoms with Crippen molar-refractivity contribution in [3.05, 3.63) is 16.9 Å². The molecule has 1 aromatic rings. The third kappa shape index (κ3) is 2.01. The Morgan fingerprint density at radius 3 is 2.64 bits per heavy atom. The number of nitrogens with zero attached hydrogens (tertiary/aromatic N) is 2. The first-order chi connectivity index (χ1) is 6.43. The number of rotatable bonds is 3. The standard InChI is InChI=1S/C7H7ClF2N2O2/c1-3(7(13)14)12-2-4(8)5(11-12)6(9)10/h2-3,6H,1H3,(H,13,14)/t3-/m1/s1. The molecule has 4 nitrogen and oxygen atoms in total. The lowest BCUT2D eigenvalue weighted by atomic mass is 10.4. The van der Waals surface area contributed by atoms with Gasteiger partial charge in [0, 0.05) is 6.20 Å². The summed E-state index contributed by atoms with van der Waals surface area (Å²) in [5.74, 6) is -1.16. The second-order valence-electron chi connectivity index (χ2n) is 2.66. The van der Waals surface area contributed by atoms with E-state index in [1.165, 1.54) is 6.92 Å². The largest absolute Gasteiger partial charge is 0.480 e. The lowest BCUT2D eigenvalue weighted by molar-refractivity contribution is -0.140. The second kappa shape index (κ2) is 3.91. The van der Waals surface area contributed by atoms with Gasteiger partial charge in [0.1, 0.15) is 11.7 Å². The molecule has 0 saturated heterocycles. The molecule has 78 valence electrons. The molecule has 0 spiro atoms. The number of aromatic nitrogens is 2. The molecule has 14 heavy (non-hydrogen) atoms. The average Bonchev–Trinajstić information content (AvgIpc) is 2.45. The van der Waals surface area contributed by atoms with Crippen molar-refractivity contribution in [3.8, 4) is 0 Å². The summed E-state index contributed by atoms with van der Waals surface area (Å²) in [7, 11) is 0. The molecule has 0 unspecified atom stereocenters. The van der Waals surface area contributed by atoms with Gasteiger partial charge in [0.25, 0.3) is 6.43 Å². The van der Waals surface area contributed by atoms with E-state index < -0.39 is 24.1 Å². The molecule has 1 rings (SSSR count). The Balaban J connectivity index is 3.02. The zero-order chi connectivity index (χ0) is 10.9. The fourth-order valence-electron chi connectivity index (χ4n) is 0.843. The van der Waals surface area contributed by atoms with E-state index in [-0.39, 0.29) is 5.02 Å². The highest BCUT2D eigenvalue weighted by atomic mass is 35.5. The van der Waals surface area contributed by atoms with Crippen molar-refractivity contribution in [1.82, 2.24) is 9.78 Å². The second-order valence-corrected chi connectivity index (χ2v) is 3.06. The first kappa shape index (κ1) is 10.9. The Labute approximate surface area is 83.1 Å². The molecule has 0 saturated carbocycles. The topological polar surface area (TPSA) is 55.1 Å². The number of hydrogen-bond donors (Lipinski definition) is 1. The lowest BCUT2D eigenvalue weighted by Gasteiger charge is -2.04. The van der Waals surface area contributed by atoms with Crippen molar-refractivity contribution in [2.45, 2.75) is 19.4 Å². The number of carbonyl (C=O) groups is 1. The van der Waals surface area contributed by atoms with Gasteiger partial charge in [-0.3, -0.25) is 4.68 Å². The molecular formula is C7H7ClF2N2O2. The maximum Gasteiger partial charge on any atom is 0.328 e. The van der Waals surface area contributed by atoms with Gasteiger partial charge in [0.15, 0.2) is 0 Å². The van der Waals surface area contributed by atoms with Gasteiger partial charge in [-0.1, -0.05) is 11.6 Å². The van der Waals surface area contributed by atoms with Crippen LogP contribution < -0.4 is 0 Å². The SMILES string of the molecule is C[C@H](C(=O)O)n1cc(Cl)c(C(F)F)n1.